The molecule has 0 fully saturated rings. The monoisotopic (exact) mass is 338 g/mol. The minimum absolute atomic E-state index is 0.156. The molecule has 0 spiro atoms. The minimum atomic E-state index is -0.858. The smallest absolute Gasteiger partial charge is 0.256 e. The van der Waals surface area contributed by atoms with Crippen molar-refractivity contribution in [2.24, 2.45) is 5.92 Å². The van der Waals surface area contributed by atoms with Gasteiger partial charge in [-0.25, -0.2) is 4.98 Å². The molecule has 1 amide bonds. The second-order valence-corrected chi connectivity index (χ2v) is 6.34. The summed E-state index contributed by atoms with van der Waals surface area (Å²) >= 11 is 0. The Balaban J connectivity index is 2.81. The number of aromatic nitrogens is 1. The summed E-state index contributed by atoms with van der Waals surface area (Å²) in [4.78, 5) is 17.0. The fourth-order valence-electron chi connectivity index (χ4n) is 2.55. The number of methoxy groups -OCH3 is 1. The molecule has 1 atom stereocenters. The molecule has 0 aliphatic rings. The van der Waals surface area contributed by atoms with E-state index >= 15 is 0 Å². The number of anilines is 1. The van der Waals surface area contributed by atoms with Crippen LogP contribution in [0.25, 0.3) is 0 Å². The van der Waals surface area contributed by atoms with E-state index in [0.29, 0.717) is 49.4 Å². The number of rotatable bonds is 10. The highest BCUT2D eigenvalue weighted by Crippen LogP contribution is 2.25. The SMILES string of the molecule is CCO[C@](C)(CC(C)C)C(=O)Nc1ccc(OCCOC)nc1C. The Morgan fingerprint density at radius 3 is 2.58 bits per heavy atom. The zero-order valence-corrected chi connectivity index (χ0v) is 15.6. The average Bonchev–Trinajstić information content (AvgIpc) is 2.49. The topological polar surface area (TPSA) is 69.7 Å². The zero-order valence-electron chi connectivity index (χ0n) is 15.6. The molecule has 0 aromatic carbocycles. The number of carbonyl (C=O) groups is 1. The first kappa shape index (κ1) is 20.4. The van der Waals surface area contributed by atoms with Crippen LogP contribution in [-0.2, 0) is 14.3 Å². The highest BCUT2D eigenvalue weighted by atomic mass is 16.5. The molecule has 0 bridgehead atoms. The van der Waals surface area contributed by atoms with Crippen molar-refractivity contribution >= 4 is 11.6 Å². The molecule has 1 aromatic rings. The van der Waals surface area contributed by atoms with Gasteiger partial charge in [-0.2, -0.15) is 0 Å². The molecular weight excluding hydrogens is 308 g/mol. The number of hydrogen-bond donors (Lipinski definition) is 1. The summed E-state index contributed by atoms with van der Waals surface area (Å²) in [5.74, 6) is 0.705. The molecule has 0 radical (unpaired) electrons. The number of pyridine rings is 1. The highest BCUT2D eigenvalue weighted by molar-refractivity contribution is 5.97. The van der Waals surface area contributed by atoms with Gasteiger partial charge in [0, 0.05) is 19.8 Å². The standard InChI is InChI=1S/C18H30N2O4/c1-7-24-18(5,12-13(2)3)17(21)20-15-8-9-16(19-14(15)4)23-11-10-22-6/h8-9,13H,7,10-12H2,1-6H3,(H,20,21)/t18-/m1/s1. The summed E-state index contributed by atoms with van der Waals surface area (Å²) in [5, 5.41) is 2.93. The maximum Gasteiger partial charge on any atom is 0.256 e. The first-order chi connectivity index (χ1) is 11.3. The molecule has 1 heterocycles. The molecule has 1 rings (SSSR count). The summed E-state index contributed by atoms with van der Waals surface area (Å²) < 4.78 is 16.1. The molecule has 0 aliphatic carbocycles. The first-order valence-electron chi connectivity index (χ1n) is 8.37. The predicted molar refractivity (Wildman–Crippen MR) is 94.5 cm³/mol. The fourth-order valence-corrected chi connectivity index (χ4v) is 2.55. The zero-order chi connectivity index (χ0) is 18.2. The van der Waals surface area contributed by atoms with Gasteiger partial charge in [0.2, 0.25) is 5.88 Å². The van der Waals surface area contributed by atoms with Crippen molar-refractivity contribution in [3.8, 4) is 5.88 Å². The van der Waals surface area contributed by atoms with E-state index in [2.05, 4.69) is 24.1 Å². The fraction of sp³-hybridized carbons (Fsp3) is 0.667. The summed E-state index contributed by atoms with van der Waals surface area (Å²) in [5.41, 5.74) is 0.499. The van der Waals surface area contributed by atoms with Gasteiger partial charge in [-0.1, -0.05) is 13.8 Å². The van der Waals surface area contributed by atoms with Crippen molar-refractivity contribution in [2.75, 3.05) is 32.2 Å². The van der Waals surface area contributed by atoms with E-state index in [4.69, 9.17) is 14.2 Å². The van der Waals surface area contributed by atoms with Gasteiger partial charge in [0.05, 0.1) is 18.0 Å². The summed E-state index contributed by atoms with van der Waals surface area (Å²) in [7, 11) is 1.62. The van der Waals surface area contributed by atoms with E-state index in [9.17, 15) is 4.79 Å². The van der Waals surface area contributed by atoms with Crippen LogP contribution in [0.1, 0.15) is 39.8 Å². The van der Waals surface area contributed by atoms with Gasteiger partial charge < -0.3 is 19.5 Å². The van der Waals surface area contributed by atoms with Gasteiger partial charge in [-0.05, 0) is 39.2 Å². The van der Waals surface area contributed by atoms with Crippen molar-refractivity contribution in [1.82, 2.24) is 4.98 Å². The Morgan fingerprint density at radius 1 is 1.33 bits per heavy atom. The lowest BCUT2D eigenvalue weighted by Gasteiger charge is -2.30. The molecule has 1 N–H and O–H groups in total. The Morgan fingerprint density at radius 2 is 2.04 bits per heavy atom. The maximum absolute atomic E-state index is 12.7. The van der Waals surface area contributed by atoms with E-state index in [1.165, 1.54) is 0 Å². The number of nitrogens with one attached hydrogen (secondary N) is 1. The van der Waals surface area contributed by atoms with Crippen LogP contribution in [0.5, 0.6) is 5.88 Å². The van der Waals surface area contributed by atoms with E-state index in [1.807, 2.05) is 20.8 Å². The molecule has 0 saturated carbocycles. The Kier molecular flexibility index (Phi) is 8.15. The summed E-state index contributed by atoms with van der Waals surface area (Å²) in [6.45, 7) is 11.1. The average molecular weight is 338 g/mol. The predicted octanol–water partition coefficient (Wildman–Crippen LogP) is 3.20. The molecule has 0 aliphatic heterocycles. The van der Waals surface area contributed by atoms with E-state index in [1.54, 1.807) is 19.2 Å². The van der Waals surface area contributed by atoms with E-state index in [0.717, 1.165) is 0 Å². The van der Waals surface area contributed by atoms with Gasteiger partial charge in [0.15, 0.2) is 0 Å². The van der Waals surface area contributed by atoms with Gasteiger partial charge in [0.25, 0.3) is 5.91 Å². The molecule has 6 heteroatoms. The lowest BCUT2D eigenvalue weighted by atomic mass is 9.93. The van der Waals surface area contributed by atoms with Crippen LogP contribution in [0.3, 0.4) is 0 Å². The van der Waals surface area contributed by atoms with Crippen molar-refractivity contribution in [1.29, 1.82) is 0 Å². The number of carbonyl (C=O) groups excluding carboxylic acids is 1. The lowest BCUT2D eigenvalue weighted by molar-refractivity contribution is -0.140. The molecular formula is C18H30N2O4. The number of amides is 1. The third-order valence-corrected chi connectivity index (χ3v) is 3.59. The number of nitrogens with zero attached hydrogens (tertiary/aromatic N) is 1. The minimum Gasteiger partial charge on any atom is -0.475 e. The molecule has 24 heavy (non-hydrogen) atoms. The van der Waals surface area contributed by atoms with E-state index in [-0.39, 0.29) is 5.91 Å². The van der Waals surface area contributed by atoms with Crippen LogP contribution >= 0.6 is 0 Å². The maximum atomic E-state index is 12.7. The first-order valence-corrected chi connectivity index (χ1v) is 8.37. The molecule has 6 nitrogen and oxygen atoms in total. The van der Waals surface area contributed by atoms with Gasteiger partial charge in [-0.15, -0.1) is 0 Å². The van der Waals surface area contributed by atoms with Gasteiger partial charge >= 0.3 is 0 Å². The van der Waals surface area contributed by atoms with Crippen LogP contribution in [-0.4, -0.2) is 43.4 Å². The van der Waals surface area contributed by atoms with Crippen molar-refractivity contribution in [3.63, 3.8) is 0 Å². The van der Waals surface area contributed by atoms with Crippen molar-refractivity contribution in [3.05, 3.63) is 17.8 Å². The third-order valence-electron chi connectivity index (χ3n) is 3.59. The largest absolute Gasteiger partial charge is 0.475 e. The summed E-state index contributed by atoms with van der Waals surface area (Å²) in [6.07, 6.45) is 0.650. The van der Waals surface area contributed by atoms with Crippen LogP contribution < -0.4 is 10.1 Å². The van der Waals surface area contributed by atoms with Crippen molar-refractivity contribution in [2.45, 2.75) is 46.6 Å². The Labute approximate surface area is 144 Å². The van der Waals surface area contributed by atoms with Crippen LogP contribution in [0, 0.1) is 12.8 Å². The lowest BCUT2D eigenvalue weighted by Crippen LogP contribution is -2.44. The van der Waals surface area contributed by atoms with Crippen LogP contribution in [0.15, 0.2) is 12.1 Å². The normalized spacial score (nSPS) is 13.6. The molecule has 136 valence electrons. The number of aryl methyl sites for hydroxylation is 1. The highest BCUT2D eigenvalue weighted by Gasteiger charge is 2.35. The summed E-state index contributed by atoms with van der Waals surface area (Å²) in [6, 6.07) is 3.53. The second-order valence-electron chi connectivity index (χ2n) is 6.34. The molecule has 0 saturated heterocycles. The Hall–Kier alpha value is -1.66. The van der Waals surface area contributed by atoms with Gasteiger partial charge in [0.1, 0.15) is 12.2 Å². The second kappa shape index (κ2) is 9.59. The molecule has 1 aromatic heterocycles. The van der Waals surface area contributed by atoms with Gasteiger partial charge in [-0.3, -0.25) is 4.79 Å². The quantitative estimate of drug-likeness (QED) is 0.664. The Bertz CT molecular complexity index is 534. The van der Waals surface area contributed by atoms with Crippen molar-refractivity contribution < 1.29 is 19.0 Å². The molecule has 0 unspecified atom stereocenters. The number of ether oxygens (including phenoxy) is 3. The van der Waals surface area contributed by atoms with E-state index < -0.39 is 5.60 Å². The van der Waals surface area contributed by atoms with Crippen LogP contribution in [0.4, 0.5) is 5.69 Å². The van der Waals surface area contributed by atoms with Crippen LogP contribution in [0.2, 0.25) is 0 Å². The third kappa shape index (κ3) is 6.09. The number of hydrogen-bond acceptors (Lipinski definition) is 5.